The molecular formula is C15H23NO3. The zero-order chi connectivity index (χ0) is 13.7. The number of benzene rings is 1. The number of hydrogen-bond acceptors (Lipinski definition) is 4. The van der Waals surface area contributed by atoms with Crippen molar-refractivity contribution < 1.29 is 14.2 Å². The Kier molecular flexibility index (Phi) is 4.66. The summed E-state index contributed by atoms with van der Waals surface area (Å²) in [6.45, 7) is 7.16. The van der Waals surface area contributed by atoms with Crippen molar-refractivity contribution in [3.8, 4) is 11.5 Å². The van der Waals surface area contributed by atoms with E-state index in [4.69, 9.17) is 14.2 Å². The van der Waals surface area contributed by atoms with E-state index in [2.05, 4.69) is 31.3 Å². The van der Waals surface area contributed by atoms with Crippen molar-refractivity contribution in [1.29, 1.82) is 0 Å². The Hall–Kier alpha value is -1.26. The number of rotatable bonds is 5. The van der Waals surface area contributed by atoms with Gasteiger partial charge in [-0.15, -0.1) is 0 Å². The average molecular weight is 265 g/mol. The van der Waals surface area contributed by atoms with Gasteiger partial charge in [0.2, 0.25) is 0 Å². The SMILES string of the molecule is COCC(C)(C)NCc1ccc2c(c1)OCCCO2. The molecule has 0 amide bonds. The molecule has 0 bridgehead atoms. The quantitative estimate of drug-likeness (QED) is 0.887. The van der Waals surface area contributed by atoms with Crippen molar-refractivity contribution in [1.82, 2.24) is 5.32 Å². The van der Waals surface area contributed by atoms with E-state index < -0.39 is 0 Å². The molecule has 4 heteroatoms. The third-order valence-electron chi connectivity index (χ3n) is 3.09. The minimum absolute atomic E-state index is 0.0428. The summed E-state index contributed by atoms with van der Waals surface area (Å²) < 4.78 is 16.5. The molecule has 1 aliphatic rings. The summed E-state index contributed by atoms with van der Waals surface area (Å²) in [5, 5.41) is 3.48. The molecule has 0 saturated carbocycles. The van der Waals surface area contributed by atoms with Gasteiger partial charge in [-0.2, -0.15) is 0 Å². The van der Waals surface area contributed by atoms with E-state index in [9.17, 15) is 0 Å². The average Bonchev–Trinajstić information content (AvgIpc) is 2.61. The molecule has 1 aliphatic heterocycles. The molecule has 2 rings (SSSR count). The third kappa shape index (κ3) is 4.11. The van der Waals surface area contributed by atoms with Gasteiger partial charge in [0.25, 0.3) is 0 Å². The lowest BCUT2D eigenvalue weighted by Crippen LogP contribution is -2.42. The van der Waals surface area contributed by atoms with E-state index in [-0.39, 0.29) is 5.54 Å². The number of ether oxygens (including phenoxy) is 3. The summed E-state index contributed by atoms with van der Waals surface area (Å²) in [7, 11) is 1.72. The van der Waals surface area contributed by atoms with Crippen molar-refractivity contribution in [2.45, 2.75) is 32.4 Å². The van der Waals surface area contributed by atoms with Crippen LogP contribution in [0.5, 0.6) is 11.5 Å². The zero-order valence-electron chi connectivity index (χ0n) is 12.0. The van der Waals surface area contributed by atoms with Crippen molar-refractivity contribution in [3.05, 3.63) is 23.8 Å². The molecule has 0 aromatic heterocycles. The van der Waals surface area contributed by atoms with Crippen LogP contribution in [0.4, 0.5) is 0 Å². The van der Waals surface area contributed by atoms with Crippen LogP contribution in [0.3, 0.4) is 0 Å². The van der Waals surface area contributed by atoms with Gasteiger partial charge in [0.1, 0.15) is 0 Å². The van der Waals surface area contributed by atoms with E-state index >= 15 is 0 Å². The van der Waals surface area contributed by atoms with E-state index in [0.29, 0.717) is 6.61 Å². The van der Waals surface area contributed by atoms with E-state index in [1.165, 1.54) is 5.56 Å². The summed E-state index contributed by atoms with van der Waals surface area (Å²) in [4.78, 5) is 0. The molecule has 0 fully saturated rings. The van der Waals surface area contributed by atoms with Crippen molar-refractivity contribution in [2.75, 3.05) is 26.9 Å². The van der Waals surface area contributed by atoms with Gasteiger partial charge in [0.15, 0.2) is 11.5 Å². The number of nitrogens with one attached hydrogen (secondary N) is 1. The van der Waals surface area contributed by atoms with Gasteiger partial charge >= 0.3 is 0 Å². The number of fused-ring (bicyclic) bond motifs is 1. The van der Waals surface area contributed by atoms with Crippen LogP contribution < -0.4 is 14.8 Å². The van der Waals surface area contributed by atoms with Crippen LogP contribution >= 0.6 is 0 Å². The van der Waals surface area contributed by atoms with Crippen LogP contribution in [0.2, 0.25) is 0 Å². The number of methoxy groups -OCH3 is 1. The highest BCUT2D eigenvalue weighted by Crippen LogP contribution is 2.30. The van der Waals surface area contributed by atoms with Crippen molar-refractivity contribution >= 4 is 0 Å². The van der Waals surface area contributed by atoms with Crippen molar-refractivity contribution in [3.63, 3.8) is 0 Å². The summed E-state index contributed by atoms with van der Waals surface area (Å²) >= 11 is 0. The lowest BCUT2D eigenvalue weighted by atomic mass is 10.1. The molecule has 0 atom stereocenters. The molecule has 106 valence electrons. The minimum atomic E-state index is -0.0428. The highest BCUT2D eigenvalue weighted by Gasteiger charge is 2.17. The van der Waals surface area contributed by atoms with E-state index in [1.54, 1.807) is 7.11 Å². The Morgan fingerprint density at radius 2 is 1.95 bits per heavy atom. The topological polar surface area (TPSA) is 39.7 Å². The van der Waals surface area contributed by atoms with Crippen molar-refractivity contribution in [2.24, 2.45) is 0 Å². The molecule has 0 spiro atoms. The van der Waals surface area contributed by atoms with Crippen LogP contribution in [-0.2, 0) is 11.3 Å². The monoisotopic (exact) mass is 265 g/mol. The summed E-state index contributed by atoms with van der Waals surface area (Å²) in [6, 6.07) is 6.11. The van der Waals surface area contributed by atoms with E-state index in [1.807, 2.05) is 6.07 Å². The standard InChI is InChI=1S/C15H23NO3/c1-15(2,11-17-3)16-10-12-5-6-13-14(9-12)19-8-4-7-18-13/h5-6,9,16H,4,7-8,10-11H2,1-3H3. The second kappa shape index (κ2) is 6.26. The van der Waals surface area contributed by atoms with E-state index in [0.717, 1.165) is 37.7 Å². The second-order valence-corrected chi connectivity index (χ2v) is 5.50. The van der Waals surface area contributed by atoms with Crippen LogP contribution in [-0.4, -0.2) is 32.5 Å². The zero-order valence-corrected chi connectivity index (χ0v) is 12.0. The van der Waals surface area contributed by atoms with Gasteiger partial charge < -0.3 is 19.5 Å². The number of hydrogen-bond donors (Lipinski definition) is 1. The van der Waals surface area contributed by atoms with Gasteiger partial charge in [-0.1, -0.05) is 6.07 Å². The Labute approximate surface area is 115 Å². The fourth-order valence-electron chi connectivity index (χ4n) is 2.07. The maximum absolute atomic E-state index is 5.69. The first-order chi connectivity index (χ1) is 9.11. The Morgan fingerprint density at radius 1 is 1.21 bits per heavy atom. The largest absolute Gasteiger partial charge is 0.490 e. The molecule has 1 aromatic rings. The lowest BCUT2D eigenvalue weighted by Gasteiger charge is -2.25. The Bertz CT molecular complexity index is 418. The first-order valence-electron chi connectivity index (χ1n) is 6.73. The summed E-state index contributed by atoms with van der Waals surface area (Å²) in [6.07, 6.45) is 0.934. The van der Waals surface area contributed by atoms with Crippen LogP contribution in [0.15, 0.2) is 18.2 Å². The predicted molar refractivity (Wildman–Crippen MR) is 74.8 cm³/mol. The smallest absolute Gasteiger partial charge is 0.161 e. The molecule has 0 unspecified atom stereocenters. The van der Waals surface area contributed by atoms with Gasteiger partial charge in [-0.25, -0.2) is 0 Å². The van der Waals surface area contributed by atoms with Gasteiger partial charge in [0.05, 0.1) is 19.8 Å². The maximum atomic E-state index is 5.69. The molecule has 0 saturated heterocycles. The van der Waals surface area contributed by atoms with Crippen LogP contribution in [0, 0.1) is 0 Å². The Morgan fingerprint density at radius 3 is 2.68 bits per heavy atom. The summed E-state index contributed by atoms with van der Waals surface area (Å²) in [5.74, 6) is 1.69. The molecule has 1 N–H and O–H groups in total. The third-order valence-corrected chi connectivity index (χ3v) is 3.09. The second-order valence-electron chi connectivity index (χ2n) is 5.50. The molecule has 0 aliphatic carbocycles. The lowest BCUT2D eigenvalue weighted by molar-refractivity contribution is 0.127. The normalized spacial score (nSPS) is 15.1. The maximum Gasteiger partial charge on any atom is 0.161 e. The van der Waals surface area contributed by atoms with Gasteiger partial charge in [-0.3, -0.25) is 0 Å². The van der Waals surface area contributed by atoms with Crippen LogP contribution in [0.25, 0.3) is 0 Å². The molecular weight excluding hydrogens is 242 g/mol. The first kappa shape index (κ1) is 14.2. The highest BCUT2D eigenvalue weighted by molar-refractivity contribution is 5.43. The molecule has 4 nitrogen and oxygen atoms in total. The highest BCUT2D eigenvalue weighted by atomic mass is 16.5. The summed E-state index contributed by atoms with van der Waals surface area (Å²) in [5.41, 5.74) is 1.15. The van der Waals surface area contributed by atoms with Gasteiger partial charge in [0, 0.05) is 25.6 Å². The molecule has 0 radical (unpaired) electrons. The molecule has 19 heavy (non-hydrogen) atoms. The molecule has 1 aromatic carbocycles. The first-order valence-corrected chi connectivity index (χ1v) is 6.73. The fourth-order valence-corrected chi connectivity index (χ4v) is 2.07. The minimum Gasteiger partial charge on any atom is -0.490 e. The molecule has 1 heterocycles. The van der Waals surface area contributed by atoms with Crippen LogP contribution in [0.1, 0.15) is 25.8 Å². The predicted octanol–water partition coefficient (Wildman–Crippen LogP) is 2.36. The Balaban J connectivity index is 2.00. The fraction of sp³-hybridized carbons (Fsp3) is 0.600. The van der Waals surface area contributed by atoms with Gasteiger partial charge in [-0.05, 0) is 31.5 Å².